The van der Waals surface area contributed by atoms with Crippen molar-refractivity contribution in [3.8, 4) is 0 Å². The fourth-order valence-electron chi connectivity index (χ4n) is 4.57. The standard InChI is InChI=1S/C27H36N2O2S/c1-18(2)20-11-8-10-14-23(20)29-25(31)17-32-26(29)21-12-7-9-13-22(21)28-24(30)15-19(3)16-27(4,5)6/h7-14,18-19,26H,15-17H2,1-6H3,(H,28,30)/t19-,26-/m0/s1. The van der Waals surface area contributed by atoms with Crippen LogP contribution in [0.4, 0.5) is 11.4 Å². The van der Waals surface area contributed by atoms with Gasteiger partial charge in [-0.05, 0) is 41.4 Å². The van der Waals surface area contributed by atoms with Gasteiger partial charge in [0.05, 0.1) is 5.75 Å². The van der Waals surface area contributed by atoms with Gasteiger partial charge in [0.1, 0.15) is 5.37 Å². The monoisotopic (exact) mass is 452 g/mol. The number of nitrogens with one attached hydrogen (secondary N) is 1. The molecule has 172 valence electrons. The van der Waals surface area contributed by atoms with Gasteiger partial charge in [0.2, 0.25) is 11.8 Å². The summed E-state index contributed by atoms with van der Waals surface area (Å²) in [6.45, 7) is 13.0. The zero-order chi connectivity index (χ0) is 23.5. The van der Waals surface area contributed by atoms with Crippen molar-refractivity contribution in [3.05, 3.63) is 59.7 Å². The SMILES string of the molecule is CC(C)c1ccccc1N1C(=O)CS[C@H]1c1ccccc1NC(=O)C[C@H](C)CC(C)(C)C. The average Bonchev–Trinajstić information content (AvgIpc) is 3.07. The first-order valence-corrected chi connectivity index (χ1v) is 12.5. The van der Waals surface area contributed by atoms with Crippen molar-refractivity contribution in [2.45, 2.75) is 65.7 Å². The maximum atomic E-state index is 13.0. The number of thioether (sulfide) groups is 1. The molecule has 2 atom stereocenters. The number of hydrogen-bond acceptors (Lipinski definition) is 3. The minimum absolute atomic E-state index is 0.0256. The van der Waals surface area contributed by atoms with Gasteiger partial charge in [0.25, 0.3) is 0 Å². The van der Waals surface area contributed by atoms with Gasteiger partial charge in [-0.2, -0.15) is 0 Å². The van der Waals surface area contributed by atoms with E-state index in [0.717, 1.165) is 28.9 Å². The lowest BCUT2D eigenvalue weighted by molar-refractivity contribution is -0.117. The highest BCUT2D eigenvalue weighted by atomic mass is 32.2. The van der Waals surface area contributed by atoms with E-state index in [4.69, 9.17) is 0 Å². The van der Waals surface area contributed by atoms with Crippen LogP contribution in [0.5, 0.6) is 0 Å². The largest absolute Gasteiger partial charge is 0.326 e. The first-order chi connectivity index (χ1) is 15.1. The van der Waals surface area contributed by atoms with Crippen LogP contribution >= 0.6 is 11.8 Å². The molecule has 3 rings (SSSR count). The van der Waals surface area contributed by atoms with Gasteiger partial charge in [-0.1, -0.05) is 77.9 Å². The molecule has 1 aliphatic rings. The van der Waals surface area contributed by atoms with E-state index in [2.05, 4.69) is 52.9 Å². The van der Waals surface area contributed by atoms with Crippen molar-refractivity contribution >= 4 is 35.0 Å². The summed E-state index contributed by atoms with van der Waals surface area (Å²) in [5, 5.41) is 2.98. The number of carbonyl (C=O) groups excluding carboxylic acids is 2. The quantitative estimate of drug-likeness (QED) is 0.492. The molecule has 2 aromatic carbocycles. The maximum absolute atomic E-state index is 13.0. The maximum Gasteiger partial charge on any atom is 0.238 e. The Morgan fingerprint density at radius 3 is 2.44 bits per heavy atom. The Labute approximate surface area is 197 Å². The smallest absolute Gasteiger partial charge is 0.238 e. The van der Waals surface area contributed by atoms with Gasteiger partial charge in [0, 0.05) is 23.4 Å². The molecule has 2 aromatic rings. The molecule has 0 radical (unpaired) electrons. The molecule has 0 aliphatic carbocycles. The first kappa shape index (κ1) is 24.4. The van der Waals surface area contributed by atoms with E-state index in [1.54, 1.807) is 11.8 Å². The van der Waals surface area contributed by atoms with Crippen LogP contribution in [-0.2, 0) is 9.59 Å². The van der Waals surface area contributed by atoms with Gasteiger partial charge in [-0.25, -0.2) is 0 Å². The number of hydrogen-bond donors (Lipinski definition) is 1. The third kappa shape index (κ3) is 5.94. The van der Waals surface area contributed by atoms with Gasteiger partial charge in [-0.3, -0.25) is 14.5 Å². The number of benzene rings is 2. The van der Waals surface area contributed by atoms with E-state index in [1.807, 2.05) is 47.4 Å². The van der Waals surface area contributed by atoms with Gasteiger partial charge >= 0.3 is 0 Å². The first-order valence-electron chi connectivity index (χ1n) is 11.5. The molecule has 5 heteroatoms. The van der Waals surface area contributed by atoms with Crippen molar-refractivity contribution < 1.29 is 9.59 Å². The van der Waals surface area contributed by atoms with Crippen LogP contribution in [0.2, 0.25) is 0 Å². The molecule has 1 N–H and O–H groups in total. The highest BCUT2D eigenvalue weighted by Gasteiger charge is 2.36. The van der Waals surface area contributed by atoms with E-state index in [-0.39, 0.29) is 22.6 Å². The summed E-state index contributed by atoms with van der Waals surface area (Å²) in [7, 11) is 0. The second-order valence-electron chi connectivity index (χ2n) is 10.4. The summed E-state index contributed by atoms with van der Waals surface area (Å²) >= 11 is 1.62. The molecule has 1 heterocycles. The number of nitrogens with zero attached hydrogens (tertiary/aromatic N) is 1. The lowest BCUT2D eigenvalue weighted by Crippen LogP contribution is -2.29. The molecule has 4 nitrogen and oxygen atoms in total. The Balaban J connectivity index is 1.86. The van der Waals surface area contributed by atoms with E-state index < -0.39 is 0 Å². The minimum Gasteiger partial charge on any atom is -0.326 e. The third-order valence-corrected chi connectivity index (χ3v) is 6.88. The van der Waals surface area contributed by atoms with Gasteiger partial charge in [-0.15, -0.1) is 11.8 Å². The molecular formula is C27H36N2O2S. The summed E-state index contributed by atoms with van der Waals surface area (Å²) in [5.74, 6) is 1.18. The van der Waals surface area contributed by atoms with Gasteiger partial charge in [0.15, 0.2) is 0 Å². The number of anilines is 2. The van der Waals surface area contributed by atoms with E-state index >= 15 is 0 Å². The van der Waals surface area contributed by atoms with E-state index in [0.29, 0.717) is 24.0 Å². The average molecular weight is 453 g/mol. The summed E-state index contributed by atoms with van der Waals surface area (Å²) in [6.07, 6.45) is 1.48. The van der Waals surface area contributed by atoms with Crippen molar-refractivity contribution in [1.29, 1.82) is 0 Å². The lowest BCUT2D eigenvalue weighted by atomic mass is 9.84. The van der Waals surface area contributed by atoms with Crippen LogP contribution in [-0.4, -0.2) is 17.6 Å². The predicted molar refractivity (Wildman–Crippen MR) is 136 cm³/mol. The van der Waals surface area contributed by atoms with Crippen molar-refractivity contribution in [2.75, 3.05) is 16.0 Å². The molecule has 0 bridgehead atoms. The molecular weight excluding hydrogens is 416 g/mol. The van der Waals surface area contributed by atoms with Crippen LogP contribution in [0.1, 0.15) is 76.8 Å². The Hall–Kier alpha value is -2.27. The Morgan fingerprint density at radius 1 is 1.09 bits per heavy atom. The zero-order valence-electron chi connectivity index (χ0n) is 20.1. The molecule has 0 unspecified atom stereocenters. The Kier molecular flexibility index (Phi) is 7.71. The number of amides is 2. The second-order valence-corrected chi connectivity index (χ2v) is 11.4. The number of rotatable bonds is 7. The molecule has 0 aromatic heterocycles. The van der Waals surface area contributed by atoms with Crippen LogP contribution < -0.4 is 10.2 Å². The molecule has 1 fully saturated rings. The lowest BCUT2D eigenvalue weighted by Gasteiger charge is -2.29. The topological polar surface area (TPSA) is 49.4 Å². The van der Waals surface area contributed by atoms with Crippen LogP contribution in [0, 0.1) is 11.3 Å². The Bertz CT molecular complexity index is 964. The molecule has 32 heavy (non-hydrogen) atoms. The fraction of sp³-hybridized carbons (Fsp3) is 0.481. The Morgan fingerprint density at radius 2 is 1.75 bits per heavy atom. The van der Waals surface area contributed by atoms with Crippen molar-refractivity contribution in [1.82, 2.24) is 0 Å². The van der Waals surface area contributed by atoms with Crippen LogP contribution in [0.25, 0.3) is 0 Å². The van der Waals surface area contributed by atoms with Crippen molar-refractivity contribution in [2.24, 2.45) is 11.3 Å². The fourth-order valence-corrected chi connectivity index (χ4v) is 5.78. The number of carbonyl (C=O) groups is 2. The van der Waals surface area contributed by atoms with Crippen LogP contribution in [0.15, 0.2) is 48.5 Å². The third-order valence-electron chi connectivity index (χ3n) is 5.68. The highest BCUT2D eigenvalue weighted by molar-refractivity contribution is 8.00. The highest BCUT2D eigenvalue weighted by Crippen LogP contribution is 2.46. The second kappa shape index (κ2) is 10.1. The molecule has 0 spiro atoms. The van der Waals surface area contributed by atoms with Crippen LogP contribution in [0.3, 0.4) is 0 Å². The van der Waals surface area contributed by atoms with E-state index in [9.17, 15) is 9.59 Å². The summed E-state index contributed by atoms with van der Waals surface area (Å²) in [4.78, 5) is 27.7. The molecule has 1 saturated heterocycles. The number of para-hydroxylation sites is 2. The molecule has 2 amide bonds. The van der Waals surface area contributed by atoms with Gasteiger partial charge < -0.3 is 5.32 Å². The summed E-state index contributed by atoms with van der Waals surface area (Å²) in [6, 6.07) is 16.0. The normalized spacial score (nSPS) is 17.7. The zero-order valence-corrected chi connectivity index (χ0v) is 21.0. The predicted octanol–water partition coefficient (Wildman–Crippen LogP) is 6.99. The summed E-state index contributed by atoms with van der Waals surface area (Å²) in [5.41, 5.74) is 4.08. The van der Waals surface area contributed by atoms with E-state index in [1.165, 1.54) is 0 Å². The van der Waals surface area contributed by atoms with Crippen molar-refractivity contribution in [3.63, 3.8) is 0 Å². The minimum atomic E-state index is -0.161. The summed E-state index contributed by atoms with van der Waals surface area (Å²) < 4.78 is 0. The molecule has 0 saturated carbocycles. The molecule has 1 aliphatic heterocycles.